The molecule has 0 aliphatic carbocycles. The second kappa shape index (κ2) is 6.52. The maximum absolute atomic E-state index is 13.4. The monoisotopic (exact) mass is 357 g/mol. The molecule has 3 aromatic rings. The first-order valence-electron chi connectivity index (χ1n) is 8.32. The average molecular weight is 357 g/mol. The lowest BCUT2D eigenvalue weighted by Crippen LogP contribution is -2.34. The smallest absolute Gasteiger partial charge is 0.264 e. The summed E-state index contributed by atoms with van der Waals surface area (Å²) in [5, 5.41) is 7.60. The van der Waals surface area contributed by atoms with E-state index in [2.05, 4.69) is 10.2 Å². The number of nitrogens with one attached hydrogen (secondary N) is 1. The van der Waals surface area contributed by atoms with Crippen molar-refractivity contribution in [1.29, 1.82) is 0 Å². The predicted octanol–water partition coefficient (Wildman–Crippen LogP) is 4.03. The molecule has 6 heteroatoms. The van der Waals surface area contributed by atoms with E-state index in [1.165, 1.54) is 4.31 Å². The summed E-state index contributed by atoms with van der Waals surface area (Å²) in [6.45, 7) is 8.38. The van der Waals surface area contributed by atoms with Crippen molar-refractivity contribution in [2.75, 3.05) is 10.8 Å². The van der Waals surface area contributed by atoms with Crippen LogP contribution >= 0.6 is 0 Å². The first-order valence-corrected chi connectivity index (χ1v) is 9.76. The van der Waals surface area contributed by atoms with Crippen LogP contribution in [0.4, 0.5) is 5.69 Å². The Morgan fingerprint density at radius 3 is 2.60 bits per heavy atom. The minimum absolute atomic E-state index is 0.201. The zero-order valence-corrected chi connectivity index (χ0v) is 15.8. The lowest BCUT2D eigenvalue weighted by molar-refractivity contribution is 0.577. The minimum Gasteiger partial charge on any atom is -0.278 e. The van der Waals surface area contributed by atoms with E-state index in [1.54, 1.807) is 24.4 Å². The number of aromatic nitrogens is 2. The number of fused-ring (bicyclic) bond motifs is 1. The van der Waals surface area contributed by atoms with Gasteiger partial charge in [-0.2, -0.15) is 5.10 Å². The van der Waals surface area contributed by atoms with E-state index in [1.807, 2.05) is 45.9 Å². The lowest BCUT2D eigenvalue weighted by Gasteiger charge is -2.28. The van der Waals surface area contributed by atoms with Gasteiger partial charge in [-0.25, -0.2) is 8.42 Å². The van der Waals surface area contributed by atoms with E-state index in [-0.39, 0.29) is 10.8 Å². The van der Waals surface area contributed by atoms with Crippen molar-refractivity contribution >= 4 is 26.6 Å². The van der Waals surface area contributed by atoms with Crippen molar-refractivity contribution in [3.05, 3.63) is 53.7 Å². The van der Waals surface area contributed by atoms with Crippen LogP contribution in [-0.4, -0.2) is 25.2 Å². The molecule has 3 rings (SSSR count). The molecule has 132 valence electrons. The highest BCUT2D eigenvalue weighted by Gasteiger charge is 2.27. The summed E-state index contributed by atoms with van der Waals surface area (Å²) in [5.41, 5.74) is 3.54. The molecule has 0 unspecified atom stereocenters. The number of hydrogen-bond acceptors (Lipinski definition) is 3. The normalized spacial score (nSPS) is 12.0. The minimum atomic E-state index is -3.67. The molecule has 0 spiro atoms. The first kappa shape index (κ1) is 17.5. The molecule has 0 aliphatic heterocycles. The molecular weight excluding hydrogens is 334 g/mol. The summed E-state index contributed by atoms with van der Waals surface area (Å²) in [6, 6.07) is 11.0. The van der Waals surface area contributed by atoms with E-state index in [9.17, 15) is 8.42 Å². The fraction of sp³-hybridized carbons (Fsp3) is 0.316. The number of nitrogens with zero attached hydrogens (tertiary/aromatic N) is 2. The van der Waals surface area contributed by atoms with Crippen LogP contribution < -0.4 is 4.31 Å². The Morgan fingerprint density at radius 2 is 1.88 bits per heavy atom. The molecule has 0 saturated carbocycles. The molecule has 1 heterocycles. The molecule has 0 fully saturated rings. The van der Waals surface area contributed by atoms with Gasteiger partial charge >= 0.3 is 0 Å². The summed E-state index contributed by atoms with van der Waals surface area (Å²) >= 11 is 0. The van der Waals surface area contributed by atoms with E-state index in [0.29, 0.717) is 6.54 Å². The van der Waals surface area contributed by atoms with Gasteiger partial charge in [0.1, 0.15) is 0 Å². The Kier molecular flexibility index (Phi) is 4.56. The molecule has 0 aliphatic rings. The van der Waals surface area contributed by atoms with Crippen LogP contribution in [0.25, 0.3) is 10.9 Å². The largest absolute Gasteiger partial charge is 0.278 e. The van der Waals surface area contributed by atoms with Crippen molar-refractivity contribution in [2.24, 2.45) is 5.92 Å². The van der Waals surface area contributed by atoms with Crippen molar-refractivity contribution in [1.82, 2.24) is 10.2 Å². The lowest BCUT2D eigenvalue weighted by atomic mass is 10.1. The molecule has 0 bridgehead atoms. The number of aromatic amines is 1. The fourth-order valence-corrected chi connectivity index (χ4v) is 4.57. The van der Waals surface area contributed by atoms with Crippen LogP contribution in [0.15, 0.2) is 47.5 Å². The predicted molar refractivity (Wildman–Crippen MR) is 101 cm³/mol. The summed E-state index contributed by atoms with van der Waals surface area (Å²) in [4.78, 5) is 0.281. The van der Waals surface area contributed by atoms with E-state index < -0.39 is 10.0 Å². The second-order valence-electron chi connectivity index (χ2n) is 6.84. The summed E-state index contributed by atoms with van der Waals surface area (Å²) in [7, 11) is -3.67. The van der Waals surface area contributed by atoms with Gasteiger partial charge in [0.25, 0.3) is 10.0 Å². The van der Waals surface area contributed by atoms with Gasteiger partial charge in [0.15, 0.2) is 0 Å². The number of aryl methyl sites for hydroxylation is 2. The molecule has 0 atom stereocenters. The Labute approximate surface area is 148 Å². The Morgan fingerprint density at radius 1 is 1.12 bits per heavy atom. The zero-order chi connectivity index (χ0) is 18.2. The molecule has 0 amide bonds. The molecule has 1 N–H and O–H groups in total. The van der Waals surface area contributed by atoms with Gasteiger partial charge in [0.05, 0.1) is 22.3 Å². The molecule has 5 nitrogen and oxygen atoms in total. The molecular formula is C19H23N3O2S. The van der Waals surface area contributed by atoms with Gasteiger partial charge < -0.3 is 0 Å². The van der Waals surface area contributed by atoms with Gasteiger partial charge in [0, 0.05) is 11.9 Å². The molecule has 2 aromatic carbocycles. The Bertz CT molecular complexity index is 1010. The molecule has 1 aromatic heterocycles. The van der Waals surface area contributed by atoms with Crippen molar-refractivity contribution in [2.45, 2.75) is 32.6 Å². The average Bonchev–Trinajstić information content (AvgIpc) is 3.02. The highest BCUT2D eigenvalue weighted by atomic mass is 32.2. The number of hydrogen-bond donors (Lipinski definition) is 1. The highest BCUT2D eigenvalue weighted by Crippen LogP contribution is 2.30. The van der Waals surface area contributed by atoms with Gasteiger partial charge in [-0.15, -0.1) is 0 Å². The van der Waals surface area contributed by atoms with Crippen molar-refractivity contribution in [3.8, 4) is 0 Å². The van der Waals surface area contributed by atoms with Crippen molar-refractivity contribution < 1.29 is 8.42 Å². The zero-order valence-electron chi connectivity index (χ0n) is 14.9. The van der Waals surface area contributed by atoms with E-state index in [0.717, 1.165) is 27.7 Å². The topological polar surface area (TPSA) is 66.1 Å². The number of benzene rings is 2. The first-order chi connectivity index (χ1) is 11.8. The number of anilines is 1. The molecule has 0 radical (unpaired) electrons. The number of H-pyrrole nitrogens is 1. The van der Waals surface area contributed by atoms with Crippen LogP contribution in [0.2, 0.25) is 0 Å². The van der Waals surface area contributed by atoms with Crippen LogP contribution in [0, 0.1) is 19.8 Å². The van der Waals surface area contributed by atoms with Crippen molar-refractivity contribution in [3.63, 3.8) is 0 Å². The number of sulfonamides is 1. The summed E-state index contributed by atoms with van der Waals surface area (Å²) < 4.78 is 28.3. The Balaban J connectivity index is 2.15. The van der Waals surface area contributed by atoms with Gasteiger partial charge in [-0.1, -0.05) is 26.0 Å². The van der Waals surface area contributed by atoms with Crippen LogP contribution in [0.1, 0.15) is 25.0 Å². The summed E-state index contributed by atoms with van der Waals surface area (Å²) in [5.74, 6) is 0.201. The maximum Gasteiger partial charge on any atom is 0.264 e. The van der Waals surface area contributed by atoms with Gasteiger partial charge in [0.2, 0.25) is 0 Å². The SMILES string of the molecule is Cc1ccc(C)c(N(CC(C)C)S(=O)(=O)c2ccc3[nH]ncc3c2)c1. The van der Waals surface area contributed by atoms with E-state index >= 15 is 0 Å². The quantitative estimate of drug-likeness (QED) is 0.750. The molecule has 25 heavy (non-hydrogen) atoms. The van der Waals surface area contributed by atoms with Gasteiger partial charge in [-0.3, -0.25) is 9.40 Å². The second-order valence-corrected chi connectivity index (χ2v) is 8.70. The van der Waals surface area contributed by atoms with E-state index in [4.69, 9.17) is 0 Å². The highest BCUT2D eigenvalue weighted by molar-refractivity contribution is 7.92. The number of rotatable bonds is 5. The van der Waals surface area contributed by atoms with Crippen LogP contribution in [0.3, 0.4) is 0 Å². The standard InChI is InChI=1S/C19H23N3O2S/c1-13(2)12-22(19-9-14(3)5-6-15(19)4)25(23,24)17-7-8-18-16(10-17)11-20-21-18/h5-11,13H,12H2,1-4H3,(H,20,21). The fourth-order valence-electron chi connectivity index (χ4n) is 2.85. The summed E-state index contributed by atoms with van der Waals surface area (Å²) in [6.07, 6.45) is 1.64. The van der Waals surface area contributed by atoms with Crippen LogP contribution in [-0.2, 0) is 10.0 Å². The third kappa shape index (κ3) is 3.39. The third-order valence-corrected chi connectivity index (χ3v) is 5.94. The third-order valence-electron chi connectivity index (χ3n) is 4.16. The molecule has 0 saturated heterocycles. The maximum atomic E-state index is 13.4. The van der Waals surface area contributed by atoms with Gasteiger partial charge in [-0.05, 0) is 55.2 Å². The van der Waals surface area contributed by atoms with Crippen LogP contribution in [0.5, 0.6) is 0 Å². The Hall–Kier alpha value is -2.34.